The third kappa shape index (κ3) is 7.47. The molecule has 6 nitrogen and oxygen atoms in total. The van der Waals surface area contributed by atoms with Crippen molar-refractivity contribution in [1.82, 2.24) is 10.6 Å². The normalized spacial score (nSPS) is 10.8. The van der Waals surface area contributed by atoms with Gasteiger partial charge in [-0.1, -0.05) is 25.5 Å². The van der Waals surface area contributed by atoms with Gasteiger partial charge in [0, 0.05) is 18.8 Å². The van der Waals surface area contributed by atoms with Gasteiger partial charge in [-0.25, -0.2) is 4.99 Å². The maximum absolute atomic E-state index is 12.0. The predicted octanol–water partition coefficient (Wildman–Crippen LogP) is 4.01. The van der Waals surface area contributed by atoms with E-state index >= 15 is 0 Å². The van der Waals surface area contributed by atoms with Crippen LogP contribution in [0.3, 0.4) is 0 Å². The number of halogens is 1. The van der Waals surface area contributed by atoms with E-state index < -0.39 is 0 Å². The summed E-state index contributed by atoms with van der Waals surface area (Å²) in [6.07, 6.45) is 3.73. The van der Waals surface area contributed by atoms with Crippen molar-refractivity contribution in [1.29, 1.82) is 0 Å². The van der Waals surface area contributed by atoms with Gasteiger partial charge in [-0.3, -0.25) is 4.79 Å². The summed E-state index contributed by atoms with van der Waals surface area (Å²) in [6.45, 7) is 6.46. The number of rotatable bonds is 8. The number of hydrogen-bond acceptors (Lipinski definition) is 3. The first kappa shape index (κ1) is 22.0. The van der Waals surface area contributed by atoms with Crippen LogP contribution in [-0.2, 0) is 6.54 Å². The molecule has 0 aliphatic carbocycles. The average Bonchev–Trinajstić information content (AvgIpc) is 3.15. The number of furan rings is 1. The highest BCUT2D eigenvalue weighted by Crippen LogP contribution is 2.13. The molecule has 0 saturated carbocycles. The van der Waals surface area contributed by atoms with Gasteiger partial charge in [0.2, 0.25) is 0 Å². The lowest BCUT2D eigenvalue weighted by Crippen LogP contribution is -2.37. The Morgan fingerprint density at radius 1 is 1.15 bits per heavy atom. The van der Waals surface area contributed by atoms with E-state index in [4.69, 9.17) is 4.42 Å². The molecule has 0 aliphatic rings. The third-order valence-electron chi connectivity index (χ3n) is 3.52. The Balaban J connectivity index is 0.00000338. The number of hydrogen-bond donors (Lipinski definition) is 3. The maximum Gasteiger partial charge on any atom is 0.291 e. The van der Waals surface area contributed by atoms with Crippen LogP contribution >= 0.6 is 24.0 Å². The summed E-state index contributed by atoms with van der Waals surface area (Å²) in [6, 6.07) is 11.0. The Morgan fingerprint density at radius 3 is 2.69 bits per heavy atom. The quantitative estimate of drug-likeness (QED) is 0.236. The zero-order valence-corrected chi connectivity index (χ0v) is 17.6. The summed E-state index contributed by atoms with van der Waals surface area (Å²) < 4.78 is 5.10. The molecule has 0 bridgehead atoms. The van der Waals surface area contributed by atoms with Crippen molar-refractivity contribution in [2.45, 2.75) is 33.2 Å². The van der Waals surface area contributed by atoms with Crippen LogP contribution in [0.4, 0.5) is 5.69 Å². The van der Waals surface area contributed by atoms with Crippen LogP contribution in [-0.4, -0.2) is 25.0 Å². The third-order valence-corrected chi connectivity index (χ3v) is 3.52. The highest BCUT2D eigenvalue weighted by molar-refractivity contribution is 14.0. The van der Waals surface area contributed by atoms with E-state index in [2.05, 4.69) is 27.9 Å². The molecule has 2 aromatic rings. The number of anilines is 1. The van der Waals surface area contributed by atoms with Gasteiger partial charge in [-0.15, -0.1) is 24.0 Å². The molecular formula is C19H27IN4O2. The lowest BCUT2D eigenvalue weighted by Gasteiger charge is -2.11. The first-order valence-electron chi connectivity index (χ1n) is 8.69. The van der Waals surface area contributed by atoms with Crippen molar-refractivity contribution >= 4 is 41.5 Å². The Hall–Kier alpha value is -2.03. The number of nitrogens with one attached hydrogen (secondary N) is 3. The molecule has 0 atom stereocenters. The zero-order chi connectivity index (χ0) is 17.9. The van der Waals surface area contributed by atoms with Crippen LogP contribution in [0.25, 0.3) is 0 Å². The Kier molecular flexibility index (Phi) is 10.5. The molecule has 0 saturated heterocycles. The van der Waals surface area contributed by atoms with E-state index in [9.17, 15) is 4.79 Å². The highest BCUT2D eigenvalue weighted by atomic mass is 127. The van der Waals surface area contributed by atoms with E-state index in [0.717, 1.165) is 43.1 Å². The van der Waals surface area contributed by atoms with Crippen LogP contribution in [0.5, 0.6) is 0 Å². The molecule has 1 heterocycles. The minimum absolute atomic E-state index is 0. The molecule has 0 spiro atoms. The van der Waals surface area contributed by atoms with Crippen molar-refractivity contribution in [3.05, 3.63) is 54.0 Å². The first-order valence-corrected chi connectivity index (χ1v) is 8.69. The van der Waals surface area contributed by atoms with Gasteiger partial charge in [0.1, 0.15) is 0 Å². The largest absolute Gasteiger partial charge is 0.459 e. The van der Waals surface area contributed by atoms with E-state index in [1.165, 1.54) is 6.26 Å². The molecule has 1 amide bonds. The van der Waals surface area contributed by atoms with Crippen LogP contribution in [0, 0.1) is 0 Å². The van der Waals surface area contributed by atoms with Crippen molar-refractivity contribution in [2.24, 2.45) is 4.99 Å². The summed E-state index contributed by atoms with van der Waals surface area (Å²) in [7, 11) is 0. The average molecular weight is 470 g/mol. The van der Waals surface area contributed by atoms with Crippen molar-refractivity contribution < 1.29 is 9.21 Å². The monoisotopic (exact) mass is 470 g/mol. The van der Waals surface area contributed by atoms with E-state index in [1.54, 1.807) is 12.1 Å². The lowest BCUT2D eigenvalue weighted by molar-refractivity contribution is 0.0996. The molecular weight excluding hydrogens is 443 g/mol. The Bertz CT molecular complexity index is 687. The second-order valence-corrected chi connectivity index (χ2v) is 5.61. The number of benzene rings is 1. The van der Waals surface area contributed by atoms with Crippen molar-refractivity contribution in [3.8, 4) is 0 Å². The topological polar surface area (TPSA) is 78.7 Å². The van der Waals surface area contributed by atoms with Crippen LogP contribution < -0.4 is 16.0 Å². The number of carbonyl (C=O) groups excluding carboxylic acids is 1. The molecule has 1 aromatic carbocycles. The molecule has 142 valence electrons. The standard InChI is InChI=1S/C19H26N4O2.HI/c1-3-5-11-21-19(20-4-2)22-14-15-8-6-9-16(13-15)23-18(24)17-10-7-12-25-17;/h6-10,12-13H,3-5,11,14H2,1-2H3,(H,23,24)(H2,20,21,22);1H. The fourth-order valence-electron chi connectivity index (χ4n) is 2.24. The fourth-order valence-corrected chi connectivity index (χ4v) is 2.24. The Morgan fingerprint density at radius 2 is 2.00 bits per heavy atom. The van der Waals surface area contributed by atoms with Gasteiger partial charge < -0.3 is 20.4 Å². The minimum Gasteiger partial charge on any atom is -0.459 e. The molecule has 0 aliphatic heterocycles. The highest BCUT2D eigenvalue weighted by Gasteiger charge is 2.08. The number of aliphatic imine (C=N–C) groups is 1. The predicted molar refractivity (Wildman–Crippen MR) is 116 cm³/mol. The van der Waals surface area contributed by atoms with Gasteiger partial charge in [0.25, 0.3) is 5.91 Å². The second-order valence-electron chi connectivity index (χ2n) is 5.61. The molecule has 0 fully saturated rings. The zero-order valence-electron chi connectivity index (χ0n) is 15.2. The summed E-state index contributed by atoms with van der Waals surface area (Å²) in [5.74, 6) is 0.833. The van der Waals surface area contributed by atoms with E-state index in [0.29, 0.717) is 6.54 Å². The van der Waals surface area contributed by atoms with Gasteiger partial charge in [0.05, 0.1) is 12.8 Å². The summed E-state index contributed by atoms with van der Waals surface area (Å²) in [5, 5.41) is 9.37. The molecule has 0 radical (unpaired) electrons. The summed E-state index contributed by atoms with van der Waals surface area (Å²) in [4.78, 5) is 16.6. The molecule has 7 heteroatoms. The molecule has 3 N–H and O–H groups in total. The smallest absolute Gasteiger partial charge is 0.291 e. The molecule has 2 rings (SSSR count). The van der Waals surface area contributed by atoms with Gasteiger partial charge in [-0.2, -0.15) is 0 Å². The Labute approximate surface area is 171 Å². The molecule has 0 unspecified atom stereocenters. The second kappa shape index (κ2) is 12.3. The van der Waals surface area contributed by atoms with Gasteiger partial charge in [0.15, 0.2) is 11.7 Å². The van der Waals surface area contributed by atoms with Crippen molar-refractivity contribution in [3.63, 3.8) is 0 Å². The van der Waals surface area contributed by atoms with Crippen LogP contribution in [0.2, 0.25) is 0 Å². The minimum atomic E-state index is -0.264. The van der Waals surface area contributed by atoms with Crippen molar-refractivity contribution in [2.75, 3.05) is 18.4 Å². The van der Waals surface area contributed by atoms with Gasteiger partial charge >= 0.3 is 0 Å². The van der Waals surface area contributed by atoms with Gasteiger partial charge in [-0.05, 0) is 43.2 Å². The van der Waals surface area contributed by atoms with Crippen LogP contribution in [0.15, 0.2) is 52.1 Å². The van der Waals surface area contributed by atoms with E-state index in [1.807, 2.05) is 31.2 Å². The lowest BCUT2D eigenvalue weighted by atomic mass is 10.2. The molecule has 1 aromatic heterocycles. The number of guanidine groups is 1. The van der Waals surface area contributed by atoms with E-state index in [-0.39, 0.29) is 35.6 Å². The summed E-state index contributed by atoms with van der Waals surface area (Å²) in [5.41, 5.74) is 1.74. The number of carbonyl (C=O) groups is 1. The molecule has 26 heavy (non-hydrogen) atoms. The summed E-state index contributed by atoms with van der Waals surface area (Å²) >= 11 is 0. The number of amides is 1. The first-order chi connectivity index (χ1) is 12.2. The van der Waals surface area contributed by atoms with Crippen LogP contribution in [0.1, 0.15) is 42.8 Å². The fraction of sp³-hybridized carbons (Fsp3) is 0.368. The SMILES string of the molecule is CCCCNC(=NCc1cccc(NC(=O)c2ccco2)c1)NCC.I. The number of unbranched alkanes of at least 4 members (excludes halogenated alkanes) is 1. The number of nitrogens with zero attached hydrogens (tertiary/aromatic N) is 1. The maximum atomic E-state index is 12.0.